The number of rotatable bonds is 7. The topological polar surface area (TPSA) is 0 Å². The van der Waals surface area contributed by atoms with E-state index in [9.17, 15) is 0 Å². The maximum atomic E-state index is 2.55. The molecule has 1 aliphatic rings. The van der Waals surface area contributed by atoms with Gasteiger partial charge < -0.3 is 17.0 Å². The van der Waals surface area contributed by atoms with E-state index in [4.69, 9.17) is 0 Å². The number of hydrogen-bond acceptors (Lipinski definition) is 0. The predicted octanol–water partition coefficient (Wildman–Crippen LogP) is 4.97. The zero-order valence-electron chi connectivity index (χ0n) is 22.8. The van der Waals surface area contributed by atoms with Crippen LogP contribution in [-0.4, -0.2) is 6.16 Å². The molecule has 0 spiro atoms. The van der Waals surface area contributed by atoms with Crippen molar-refractivity contribution in [2.75, 3.05) is 6.16 Å². The average molecular weight is 572 g/mol. The van der Waals surface area contributed by atoms with Gasteiger partial charge in [-0.25, -0.2) is 0 Å². The van der Waals surface area contributed by atoms with E-state index in [0.29, 0.717) is 0 Å². The van der Waals surface area contributed by atoms with Gasteiger partial charge in [0.15, 0.2) is 0 Å². The van der Waals surface area contributed by atoms with Crippen LogP contribution in [0.5, 0.6) is 0 Å². The second-order valence-electron chi connectivity index (χ2n) is 11.8. The molecule has 0 bridgehead atoms. The summed E-state index contributed by atoms with van der Waals surface area (Å²) in [5.41, 5.74) is 5.16. The normalized spacial score (nSPS) is 15.9. The maximum Gasteiger partial charge on any atom is 0.112 e. The molecule has 0 unspecified atom stereocenters. The third-order valence-corrected chi connectivity index (χ3v) is 13.0. The highest BCUT2D eigenvalue weighted by Gasteiger charge is 2.44. The molecule has 5 rings (SSSR count). The van der Waals surface area contributed by atoms with E-state index in [-0.39, 0.29) is 27.8 Å². The largest absolute Gasteiger partial charge is 1.00 e. The van der Waals surface area contributed by atoms with E-state index in [0.717, 1.165) is 6.42 Å². The molecule has 0 nitrogen and oxygen atoms in total. The van der Waals surface area contributed by atoms with Crippen LogP contribution in [0.15, 0.2) is 109 Å². The van der Waals surface area contributed by atoms with Gasteiger partial charge in [-0.1, -0.05) is 100 Å². The molecule has 0 amide bonds. The van der Waals surface area contributed by atoms with Gasteiger partial charge >= 0.3 is 0 Å². The van der Waals surface area contributed by atoms with Crippen molar-refractivity contribution in [3.8, 4) is 0 Å². The zero-order chi connectivity index (χ0) is 25.2. The lowest BCUT2D eigenvalue weighted by Gasteiger charge is -2.42. The summed E-state index contributed by atoms with van der Waals surface area (Å²) < 4.78 is 0. The minimum Gasteiger partial charge on any atom is -1.00 e. The highest BCUT2D eigenvalue weighted by molar-refractivity contribution is 7.95. The molecule has 0 atom stereocenters. The summed E-state index contributed by atoms with van der Waals surface area (Å²) >= 11 is 0. The lowest BCUT2D eigenvalue weighted by Crippen LogP contribution is -3.00. The van der Waals surface area contributed by atoms with Gasteiger partial charge in [0.05, 0.1) is 6.16 Å². The molecule has 4 aromatic carbocycles. The number of halogens is 1. The van der Waals surface area contributed by atoms with E-state index in [1.807, 2.05) is 0 Å². The Kier molecular flexibility index (Phi) is 8.47. The molecule has 0 saturated heterocycles. The van der Waals surface area contributed by atoms with Crippen molar-refractivity contribution in [3.05, 3.63) is 126 Å². The quantitative estimate of drug-likeness (QED) is 0.275. The fraction of sp³-hybridized carbons (Fsp3) is 0.314. The van der Waals surface area contributed by atoms with Crippen LogP contribution in [0.3, 0.4) is 0 Å². The highest BCUT2D eigenvalue weighted by atomic mass is 79.9. The van der Waals surface area contributed by atoms with Crippen molar-refractivity contribution in [2.45, 2.75) is 64.2 Å². The van der Waals surface area contributed by atoms with Crippen LogP contribution in [0.1, 0.15) is 63.6 Å². The molecule has 0 aromatic heterocycles. The van der Waals surface area contributed by atoms with Gasteiger partial charge in [-0.15, -0.1) is 0 Å². The predicted molar refractivity (Wildman–Crippen MR) is 160 cm³/mol. The lowest BCUT2D eigenvalue weighted by atomic mass is 9.63. The Bertz CT molecular complexity index is 1200. The van der Waals surface area contributed by atoms with Crippen molar-refractivity contribution in [2.24, 2.45) is 0 Å². The van der Waals surface area contributed by atoms with Crippen LogP contribution < -0.4 is 32.9 Å². The molecule has 0 N–H and O–H groups in total. The molecule has 37 heavy (non-hydrogen) atoms. The van der Waals surface area contributed by atoms with Gasteiger partial charge in [0.25, 0.3) is 0 Å². The van der Waals surface area contributed by atoms with E-state index < -0.39 is 7.26 Å². The SMILES string of the molecule is CC1(C)CCC(C)(C)c2cc(CCC[P+](c3ccccc3)(c3ccccc3)c3ccccc3)ccc21.[Br-]. The van der Waals surface area contributed by atoms with Gasteiger partial charge in [0.1, 0.15) is 23.2 Å². The molecule has 0 heterocycles. The first-order valence-electron chi connectivity index (χ1n) is 13.5. The van der Waals surface area contributed by atoms with Crippen molar-refractivity contribution in [1.82, 2.24) is 0 Å². The molecule has 2 heteroatoms. The Balaban J connectivity index is 0.00000320. The molecule has 4 aromatic rings. The highest BCUT2D eigenvalue weighted by Crippen LogP contribution is 2.56. The first-order valence-corrected chi connectivity index (χ1v) is 15.5. The molecule has 0 radical (unpaired) electrons. The Hall–Kier alpha value is -2.21. The minimum absolute atomic E-state index is 0. The van der Waals surface area contributed by atoms with Crippen molar-refractivity contribution in [3.63, 3.8) is 0 Å². The second kappa shape index (κ2) is 11.3. The Morgan fingerprint density at radius 3 is 1.46 bits per heavy atom. The molecular formula is C35H40BrP. The Morgan fingerprint density at radius 1 is 0.568 bits per heavy atom. The standard InChI is InChI=1S/C35H40P.BrH/c1-34(2)24-25-35(3,4)33-27-28(22-23-32(33)34)15-14-26-36(29-16-8-5-9-17-29,30-18-10-6-11-19-30)31-20-12-7-13-21-31;/h5-13,16-23,27H,14-15,24-26H2,1-4H3;1H/q+1;/p-1. The van der Waals surface area contributed by atoms with E-state index in [1.165, 1.54) is 46.9 Å². The van der Waals surface area contributed by atoms with Crippen LogP contribution >= 0.6 is 7.26 Å². The van der Waals surface area contributed by atoms with Crippen molar-refractivity contribution in [1.29, 1.82) is 0 Å². The van der Waals surface area contributed by atoms with E-state index >= 15 is 0 Å². The fourth-order valence-electron chi connectivity index (χ4n) is 6.19. The monoisotopic (exact) mass is 570 g/mol. The van der Waals surface area contributed by atoms with Crippen LogP contribution in [-0.2, 0) is 17.3 Å². The number of fused-ring (bicyclic) bond motifs is 1. The molecule has 0 fully saturated rings. The minimum atomic E-state index is -1.76. The van der Waals surface area contributed by atoms with Crippen LogP contribution in [0.4, 0.5) is 0 Å². The molecule has 1 aliphatic carbocycles. The summed E-state index contributed by atoms with van der Waals surface area (Å²) in [5.74, 6) is 0. The summed E-state index contributed by atoms with van der Waals surface area (Å²) in [6.07, 6.45) is 6.01. The van der Waals surface area contributed by atoms with Gasteiger partial charge in [-0.2, -0.15) is 0 Å². The van der Waals surface area contributed by atoms with Crippen LogP contribution in [0.25, 0.3) is 0 Å². The number of aryl methyl sites for hydroxylation is 1. The third kappa shape index (κ3) is 5.50. The van der Waals surface area contributed by atoms with E-state index in [1.54, 1.807) is 11.1 Å². The average Bonchev–Trinajstić information content (AvgIpc) is 2.91. The number of hydrogen-bond donors (Lipinski definition) is 0. The smallest absolute Gasteiger partial charge is 0.112 e. The van der Waals surface area contributed by atoms with Crippen molar-refractivity contribution >= 4 is 23.2 Å². The maximum absolute atomic E-state index is 2.55. The Morgan fingerprint density at radius 2 is 1.00 bits per heavy atom. The van der Waals surface area contributed by atoms with Crippen LogP contribution in [0.2, 0.25) is 0 Å². The fourth-order valence-corrected chi connectivity index (χ4v) is 10.5. The van der Waals surface area contributed by atoms with Gasteiger partial charge in [0, 0.05) is 0 Å². The van der Waals surface area contributed by atoms with E-state index in [2.05, 4.69) is 137 Å². The van der Waals surface area contributed by atoms with Gasteiger partial charge in [0.2, 0.25) is 0 Å². The lowest BCUT2D eigenvalue weighted by molar-refractivity contribution is -0.00000768. The summed E-state index contributed by atoms with van der Waals surface area (Å²) in [6, 6.07) is 41.3. The van der Waals surface area contributed by atoms with Crippen molar-refractivity contribution < 1.29 is 17.0 Å². The summed E-state index contributed by atoms with van der Waals surface area (Å²) in [7, 11) is -1.76. The summed E-state index contributed by atoms with van der Waals surface area (Å²) in [4.78, 5) is 0. The van der Waals surface area contributed by atoms with Gasteiger partial charge in [-0.05, 0) is 89.6 Å². The summed E-state index contributed by atoms with van der Waals surface area (Å²) in [5, 5.41) is 4.45. The first-order chi connectivity index (χ1) is 17.3. The Labute approximate surface area is 235 Å². The zero-order valence-corrected chi connectivity index (χ0v) is 25.2. The molecule has 192 valence electrons. The molecule has 0 aliphatic heterocycles. The second-order valence-corrected chi connectivity index (χ2v) is 15.4. The first kappa shape index (κ1) is 27.8. The molecular weight excluding hydrogens is 531 g/mol. The summed E-state index contributed by atoms with van der Waals surface area (Å²) in [6.45, 7) is 9.70. The van der Waals surface area contributed by atoms with Gasteiger partial charge in [-0.3, -0.25) is 0 Å². The van der Waals surface area contributed by atoms with Crippen LogP contribution in [0, 0.1) is 0 Å². The number of benzene rings is 4. The third-order valence-electron chi connectivity index (χ3n) is 8.47. The molecule has 0 saturated carbocycles.